The van der Waals surface area contributed by atoms with E-state index >= 15 is 0 Å². The van der Waals surface area contributed by atoms with E-state index in [4.69, 9.17) is 0 Å². The minimum atomic E-state index is -0.0781. The summed E-state index contributed by atoms with van der Waals surface area (Å²) in [5.74, 6) is 0. The number of hydrogen-bond acceptors (Lipinski definition) is 2. The van der Waals surface area contributed by atoms with Gasteiger partial charge in [0.2, 0.25) is 0 Å². The average molecular weight is 163 g/mol. The monoisotopic (exact) mass is 163 g/mol. The maximum Gasteiger partial charge on any atom is 0.274 e. The second-order valence-electron chi connectivity index (χ2n) is 2.61. The smallest absolute Gasteiger partial charge is 0.274 e. The van der Waals surface area contributed by atoms with Gasteiger partial charge in [-0.1, -0.05) is 6.92 Å². The van der Waals surface area contributed by atoms with E-state index in [1.165, 1.54) is 4.52 Å². The lowest BCUT2D eigenvalue weighted by molar-refractivity contribution is 0.876. The molecular formula is C8H9N3O. The first-order valence-corrected chi connectivity index (χ1v) is 3.87. The highest BCUT2D eigenvalue weighted by Crippen LogP contribution is 1.96. The van der Waals surface area contributed by atoms with Crippen molar-refractivity contribution in [3.63, 3.8) is 0 Å². The predicted molar refractivity (Wildman–Crippen MR) is 45.2 cm³/mol. The number of rotatable bonds is 1. The Balaban J connectivity index is 2.84. The molecule has 0 amide bonds. The van der Waals surface area contributed by atoms with E-state index in [1.54, 1.807) is 18.3 Å². The first-order valence-electron chi connectivity index (χ1n) is 3.87. The minimum Gasteiger partial charge on any atom is -0.343 e. The van der Waals surface area contributed by atoms with Crippen molar-refractivity contribution in [2.24, 2.45) is 0 Å². The van der Waals surface area contributed by atoms with Crippen LogP contribution in [0.4, 0.5) is 0 Å². The van der Waals surface area contributed by atoms with Gasteiger partial charge in [-0.15, -0.1) is 0 Å². The molecule has 0 unspecified atom stereocenters. The zero-order valence-electron chi connectivity index (χ0n) is 6.74. The Morgan fingerprint density at radius 1 is 1.67 bits per heavy atom. The van der Waals surface area contributed by atoms with Crippen LogP contribution < -0.4 is 5.56 Å². The standard InChI is InChI=1S/C8H9N3O/c1-2-6-5-8(12)11-7(10-6)3-4-9-11/h3-5,10H,2H2,1H3. The summed E-state index contributed by atoms with van der Waals surface area (Å²) in [5, 5.41) is 3.87. The van der Waals surface area contributed by atoms with Gasteiger partial charge in [-0.25, -0.2) is 0 Å². The first kappa shape index (κ1) is 7.09. The summed E-state index contributed by atoms with van der Waals surface area (Å²) in [6, 6.07) is 3.35. The molecule has 0 atom stereocenters. The zero-order chi connectivity index (χ0) is 8.55. The Hall–Kier alpha value is -1.58. The fourth-order valence-corrected chi connectivity index (χ4v) is 1.17. The summed E-state index contributed by atoms with van der Waals surface area (Å²) < 4.78 is 1.35. The highest BCUT2D eigenvalue weighted by atomic mass is 16.1. The summed E-state index contributed by atoms with van der Waals surface area (Å²) in [6.07, 6.45) is 2.43. The molecule has 0 spiro atoms. The van der Waals surface area contributed by atoms with E-state index in [9.17, 15) is 4.79 Å². The van der Waals surface area contributed by atoms with Crippen molar-refractivity contribution >= 4 is 5.65 Å². The molecule has 0 fully saturated rings. The van der Waals surface area contributed by atoms with Crippen LogP contribution in [0.15, 0.2) is 23.1 Å². The number of aryl methyl sites for hydroxylation is 1. The van der Waals surface area contributed by atoms with Crippen molar-refractivity contribution in [1.82, 2.24) is 14.6 Å². The Morgan fingerprint density at radius 2 is 2.50 bits per heavy atom. The molecule has 62 valence electrons. The van der Waals surface area contributed by atoms with Gasteiger partial charge in [0.15, 0.2) is 0 Å². The number of fused-ring (bicyclic) bond motifs is 1. The van der Waals surface area contributed by atoms with E-state index in [1.807, 2.05) is 6.92 Å². The van der Waals surface area contributed by atoms with Crippen LogP contribution in [0.5, 0.6) is 0 Å². The Labute approximate surface area is 68.8 Å². The van der Waals surface area contributed by atoms with Gasteiger partial charge in [-0.3, -0.25) is 4.79 Å². The van der Waals surface area contributed by atoms with Gasteiger partial charge < -0.3 is 4.98 Å². The molecule has 0 aliphatic carbocycles. The third kappa shape index (κ3) is 0.922. The van der Waals surface area contributed by atoms with Crippen LogP contribution in [0.25, 0.3) is 5.65 Å². The molecule has 2 aromatic heterocycles. The van der Waals surface area contributed by atoms with Crippen LogP contribution in [0.3, 0.4) is 0 Å². The number of H-pyrrole nitrogens is 1. The van der Waals surface area contributed by atoms with Crippen molar-refractivity contribution in [3.8, 4) is 0 Å². The van der Waals surface area contributed by atoms with Crippen molar-refractivity contribution in [1.29, 1.82) is 0 Å². The highest BCUT2D eigenvalue weighted by Gasteiger charge is 1.98. The molecule has 0 aliphatic heterocycles. The number of nitrogens with zero attached hydrogens (tertiary/aromatic N) is 2. The van der Waals surface area contributed by atoms with Crippen LogP contribution in [0.1, 0.15) is 12.6 Å². The second-order valence-corrected chi connectivity index (χ2v) is 2.61. The van der Waals surface area contributed by atoms with Crippen molar-refractivity contribution in [2.45, 2.75) is 13.3 Å². The maximum atomic E-state index is 11.3. The van der Waals surface area contributed by atoms with Gasteiger partial charge in [0.05, 0.1) is 6.20 Å². The third-order valence-electron chi connectivity index (χ3n) is 1.82. The lowest BCUT2D eigenvalue weighted by atomic mass is 10.3. The average Bonchev–Trinajstić information content (AvgIpc) is 2.52. The van der Waals surface area contributed by atoms with E-state index in [-0.39, 0.29) is 5.56 Å². The third-order valence-corrected chi connectivity index (χ3v) is 1.82. The predicted octanol–water partition coefficient (Wildman–Crippen LogP) is 0.585. The summed E-state index contributed by atoms with van der Waals surface area (Å²) in [7, 11) is 0. The van der Waals surface area contributed by atoms with Crippen molar-refractivity contribution < 1.29 is 0 Å². The minimum absolute atomic E-state index is 0.0781. The fourth-order valence-electron chi connectivity index (χ4n) is 1.17. The maximum absolute atomic E-state index is 11.3. The van der Waals surface area contributed by atoms with E-state index in [2.05, 4.69) is 10.1 Å². The lowest BCUT2D eigenvalue weighted by Crippen LogP contribution is -2.14. The Morgan fingerprint density at radius 3 is 3.25 bits per heavy atom. The SMILES string of the molecule is CCc1cc(=O)n2nccc2[nH]1. The molecule has 0 aliphatic rings. The number of nitrogens with one attached hydrogen (secondary N) is 1. The number of aromatic nitrogens is 3. The van der Waals surface area contributed by atoms with E-state index in [0.717, 1.165) is 17.8 Å². The molecule has 2 rings (SSSR count). The molecule has 0 radical (unpaired) electrons. The van der Waals surface area contributed by atoms with Gasteiger partial charge in [-0.2, -0.15) is 9.61 Å². The van der Waals surface area contributed by atoms with Crippen molar-refractivity contribution in [2.75, 3.05) is 0 Å². The van der Waals surface area contributed by atoms with Gasteiger partial charge in [-0.05, 0) is 6.42 Å². The Bertz CT molecular complexity index is 455. The van der Waals surface area contributed by atoms with Crippen LogP contribution in [-0.4, -0.2) is 14.6 Å². The molecule has 4 nitrogen and oxygen atoms in total. The molecular weight excluding hydrogens is 154 g/mol. The largest absolute Gasteiger partial charge is 0.343 e. The number of hydrogen-bond donors (Lipinski definition) is 1. The van der Waals surface area contributed by atoms with Crippen molar-refractivity contribution in [3.05, 3.63) is 34.4 Å². The normalized spacial score (nSPS) is 10.8. The summed E-state index contributed by atoms with van der Waals surface area (Å²) >= 11 is 0. The van der Waals surface area contributed by atoms with Crippen LogP contribution >= 0.6 is 0 Å². The van der Waals surface area contributed by atoms with Crippen LogP contribution in [0, 0.1) is 0 Å². The van der Waals surface area contributed by atoms with Gasteiger partial charge in [0, 0.05) is 17.8 Å². The molecule has 0 aromatic carbocycles. The summed E-state index contributed by atoms with van der Waals surface area (Å²) in [4.78, 5) is 14.4. The molecule has 2 heterocycles. The Kier molecular flexibility index (Phi) is 1.46. The quantitative estimate of drug-likeness (QED) is 0.668. The van der Waals surface area contributed by atoms with E-state index in [0.29, 0.717) is 0 Å². The molecule has 0 saturated heterocycles. The van der Waals surface area contributed by atoms with E-state index < -0.39 is 0 Å². The fraction of sp³-hybridized carbons (Fsp3) is 0.250. The molecule has 2 aromatic rings. The summed E-state index contributed by atoms with van der Waals surface area (Å²) in [6.45, 7) is 2.00. The van der Waals surface area contributed by atoms with Gasteiger partial charge in [0.25, 0.3) is 5.56 Å². The van der Waals surface area contributed by atoms with Gasteiger partial charge >= 0.3 is 0 Å². The number of aromatic amines is 1. The molecule has 12 heavy (non-hydrogen) atoms. The van der Waals surface area contributed by atoms with Gasteiger partial charge in [0.1, 0.15) is 5.65 Å². The first-order chi connectivity index (χ1) is 5.81. The zero-order valence-corrected chi connectivity index (χ0v) is 6.74. The van der Waals surface area contributed by atoms with Crippen LogP contribution in [-0.2, 0) is 6.42 Å². The molecule has 0 bridgehead atoms. The van der Waals surface area contributed by atoms with Crippen LogP contribution in [0.2, 0.25) is 0 Å². The summed E-state index contributed by atoms with van der Waals surface area (Å²) in [5.41, 5.74) is 1.61. The highest BCUT2D eigenvalue weighted by molar-refractivity contribution is 5.36. The molecule has 4 heteroatoms. The lowest BCUT2D eigenvalue weighted by Gasteiger charge is -1.96. The molecule has 1 N–H and O–H groups in total. The topological polar surface area (TPSA) is 50.2 Å². The second kappa shape index (κ2) is 2.48. The molecule has 0 saturated carbocycles.